The lowest BCUT2D eigenvalue weighted by Crippen LogP contribution is -2.02. The number of nitrogens with one attached hydrogen (secondary N) is 1. The highest BCUT2D eigenvalue weighted by molar-refractivity contribution is 5.68. The third-order valence-electron chi connectivity index (χ3n) is 3.66. The molecule has 1 N–H and O–H groups in total. The molecule has 21 heavy (non-hydrogen) atoms. The van der Waals surface area contributed by atoms with Gasteiger partial charge in [-0.25, -0.2) is 0 Å². The van der Waals surface area contributed by atoms with Crippen LogP contribution < -0.4 is 5.32 Å². The Morgan fingerprint density at radius 3 is 2.52 bits per heavy atom. The number of rotatable bonds is 8. The fourth-order valence-electron chi connectivity index (χ4n) is 2.22. The maximum Gasteiger partial charge on any atom is 0.0417 e. The Kier molecular flexibility index (Phi) is 7.01. The van der Waals surface area contributed by atoms with E-state index in [4.69, 9.17) is 0 Å². The van der Waals surface area contributed by atoms with Gasteiger partial charge in [0, 0.05) is 17.8 Å². The first-order chi connectivity index (χ1) is 9.97. The lowest BCUT2D eigenvalue weighted by atomic mass is 10.0. The first kappa shape index (κ1) is 17.3. The first-order valence-corrected chi connectivity index (χ1v) is 7.87. The van der Waals surface area contributed by atoms with Gasteiger partial charge in [0.1, 0.15) is 0 Å². The minimum absolute atomic E-state index is 0.924. The molecule has 0 unspecified atom stereocenters. The molecule has 0 saturated heterocycles. The van der Waals surface area contributed by atoms with Gasteiger partial charge in [-0.15, -0.1) is 0 Å². The van der Waals surface area contributed by atoms with Crippen LogP contribution in [-0.4, -0.2) is 0 Å². The average Bonchev–Trinajstić information content (AvgIpc) is 2.45. The molecule has 0 radical (unpaired) electrons. The molecule has 0 aromatic heterocycles. The minimum atomic E-state index is 0.924. The second-order valence-corrected chi connectivity index (χ2v) is 5.72. The molecule has 1 rings (SSSR count). The molecule has 1 nitrogen and oxygen atoms in total. The Morgan fingerprint density at radius 1 is 1.24 bits per heavy atom. The molecule has 0 aliphatic heterocycles. The van der Waals surface area contributed by atoms with Crippen molar-refractivity contribution in [3.05, 3.63) is 59.8 Å². The Balaban J connectivity index is 2.78. The van der Waals surface area contributed by atoms with Crippen molar-refractivity contribution in [1.29, 1.82) is 0 Å². The Hall–Kier alpha value is -1.76. The maximum atomic E-state index is 4.19. The van der Waals surface area contributed by atoms with Gasteiger partial charge in [-0.1, -0.05) is 62.8 Å². The van der Waals surface area contributed by atoms with E-state index in [-0.39, 0.29) is 0 Å². The van der Waals surface area contributed by atoms with Crippen molar-refractivity contribution in [1.82, 2.24) is 0 Å². The Bertz CT molecular complexity index is 535. The summed E-state index contributed by atoms with van der Waals surface area (Å²) in [5.74, 6) is 0. The molecule has 0 atom stereocenters. The third-order valence-corrected chi connectivity index (χ3v) is 3.66. The van der Waals surface area contributed by atoms with E-state index in [1.807, 2.05) is 6.92 Å². The van der Waals surface area contributed by atoms with Crippen molar-refractivity contribution in [3.63, 3.8) is 0 Å². The lowest BCUT2D eigenvalue weighted by molar-refractivity contribution is 0.910. The molecule has 0 aliphatic rings. The third kappa shape index (κ3) is 5.63. The van der Waals surface area contributed by atoms with Crippen LogP contribution in [0.2, 0.25) is 0 Å². The van der Waals surface area contributed by atoms with Crippen LogP contribution in [-0.2, 0) is 0 Å². The van der Waals surface area contributed by atoms with Crippen molar-refractivity contribution in [3.8, 4) is 0 Å². The molecule has 0 saturated carbocycles. The number of hydrogen-bond donors (Lipinski definition) is 1. The highest BCUT2D eigenvalue weighted by Crippen LogP contribution is 2.24. The van der Waals surface area contributed by atoms with Gasteiger partial charge in [0.05, 0.1) is 0 Å². The van der Waals surface area contributed by atoms with E-state index in [0.717, 1.165) is 36.2 Å². The summed E-state index contributed by atoms with van der Waals surface area (Å²) in [5, 5.41) is 3.47. The summed E-state index contributed by atoms with van der Waals surface area (Å²) in [6.07, 6.45) is 6.71. The molecule has 1 aromatic carbocycles. The zero-order valence-corrected chi connectivity index (χ0v) is 14.1. The lowest BCUT2D eigenvalue weighted by Gasteiger charge is -2.15. The molecule has 0 amide bonds. The number of allylic oxidation sites excluding steroid dienone is 3. The van der Waals surface area contributed by atoms with Crippen LogP contribution in [0, 0.1) is 6.92 Å². The second kappa shape index (κ2) is 8.51. The second-order valence-electron chi connectivity index (χ2n) is 5.72. The summed E-state index contributed by atoms with van der Waals surface area (Å²) in [4.78, 5) is 0. The summed E-state index contributed by atoms with van der Waals surface area (Å²) < 4.78 is 0. The van der Waals surface area contributed by atoms with Crippen molar-refractivity contribution in [2.24, 2.45) is 0 Å². The number of hydrogen-bond acceptors (Lipinski definition) is 1. The van der Waals surface area contributed by atoms with Crippen LogP contribution in [0.15, 0.2) is 48.7 Å². The topological polar surface area (TPSA) is 12.0 Å². The standard InChI is InChI=1S/C20H29N/c1-7-9-10-18(8-2)13-17(6)21-20-14-19(15(3)4)12-11-16(20)5/h10-12,14,21H,3,6-9,13H2,1-2,4-5H3/b18-10+. The molecule has 0 aliphatic carbocycles. The molecular formula is C20H29N. The van der Waals surface area contributed by atoms with Crippen LogP contribution in [0.3, 0.4) is 0 Å². The zero-order valence-electron chi connectivity index (χ0n) is 14.1. The van der Waals surface area contributed by atoms with Crippen LogP contribution in [0.1, 0.15) is 57.6 Å². The highest BCUT2D eigenvalue weighted by atomic mass is 14.9. The molecule has 0 bridgehead atoms. The summed E-state index contributed by atoms with van der Waals surface area (Å²) in [5.41, 5.74) is 7.14. The summed E-state index contributed by atoms with van der Waals surface area (Å²) in [7, 11) is 0. The molecule has 1 heteroatoms. The number of anilines is 1. The number of benzene rings is 1. The van der Waals surface area contributed by atoms with E-state index in [0.29, 0.717) is 0 Å². The van der Waals surface area contributed by atoms with Crippen LogP contribution in [0.5, 0.6) is 0 Å². The summed E-state index contributed by atoms with van der Waals surface area (Å²) in [6, 6.07) is 6.40. The Labute approximate surface area is 130 Å². The monoisotopic (exact) mass is 283 g/mol. The fraction of sp³-hybridized carbons (Fsp3) is 0.400. The number of unbranched alkanes of at least 4 members (excludes halogenated alkanes) is 1. The molecule has 114 valence electrons. The van der Waals surface area contributed by atoms with Crippen molar-refractivity contribution < 1.29 is 0 Å². The quantitative estimate of drug-likeness (QED) is 0.538. The van der Waals surface area contributed by atoms with E-state index in [9.17, 15) is 0 Å². The van der Waals surface area contributed by atoms with Gasteiger partial charge in [-0.2, -0.15) is 0 Å². The number of aryl methyl sites for hydroxylation is 1. The predicted octanol–water partition coefficient (Wildman–Crippen LogP) is 6.48. The average molecular weight is 283 g/mol. The van der Waals surface area contributed by atoms with Gasteiger partial charge < -0.3 is 5.32 Å². The molecule has 0 spiro atoms. The van der Waals surface area contributed by atoms with Gasteiger partial charge in [0.25, 0.3) is 0 Å². The van der Waals surface area contributed by atoms with Crippen LogP contribution >= 0.6 is 0 Å². The van der Waals surface area contributed by atoms with Crippen molar-refractivity contribution >= 4 is 11.3 Å². The molecule has 1 aromatic rings. The van der Waals surface area contributed by atoms with Gasteiger partial charge >= 0.3 is 0 Å². The van der Waals surface area contributed by atoms with E-state index in [1.54, 1.807) is 0 Å². The largest absolute Gasteiger partial charge is 0.359 e. The molecule has 0 heterocycles. The highest BCUT2D eigenvalue weighted by Gasteiger charge is 2.04. The maximum absolute atomic E-state index is 4.19. The fourth-order valence-corrected chi connectivity index (χ4v) is 2.22. The van der Waals surface area contributed by atoms with Gasteiger partial charge in [0.15, 0.2) is 0 Å². The summed E-state index contributed by atoms with van der Waals surface area (Å²) in [6.45, 7) is 16.8. The normalized spacial score (nSPS) is 11.3. The molecular weight excluding hydrogens is 254 g/mol. The van der Waals surface area contributed by atoms with E-state index >= 15 is 0 Å². The Morgan fingerprint density at radius 2 is 1.95 bits per heavy atom. The first-order valence-electron chi connectivity index (χ1n) is 7.87. The van der Waals surface area contributed by atoms with Gasteiger partial charge in [-0.05, 0) is 43.9 Å². The molecule has 0 fully saturated rings. The summed E-state index contributed by atoms with van der Waals surface area (Å²) >= 11 is 0. The van der Waals surface area contributed by atoms with Crippen LogP contribution in [0.25, 0.3) is 5.57 Å². The smallest absolute Gasteiger partial charge is 0.0417 e. The van der Waals surface area contributed by atoms with Crippen molar-refractivity contribution in [2.45, 2.75) is 53.4 Å². The predicted molar refractivity (Wildman–Crippen MR) is 96.5 cm³/mol. The van der Waals surface area contributed by atoms with E-state index in [1.165, 1.54) is 23.1 Å². The van der Waals surface area contributed by atoms with E-state index in [2.05, 4.69) is 63.5 Å². The SMILES string of the molecule is C=C(C/C(=C/CCC)CC)Nc1cc(C(=C)C)ccc1C. The van der Waals surface area contributed by atoms with Crippen molar-refractivity contribution in [2.75, 3.05) is 5.32 Å². The van der Waals surface area contributed by atoms with Gasteiger partial charge in [0.2, 0.25) is 0 Å². The van der Waals surface area contributed by atoms with Gasteiger partial charge in [-0.3, -0.25) is 0 Å². The van der Waals surface area contributed by atoms with E-state index < -0.39 is 0 Å². The minimum Gasteiger partial charge on any atom is -0.359 e. The van der Waals surface area contributed by atoms with Crippen LogP contribution in [0.4, 0.5) is 5.69 Å². The zero-order chi connectivity index (χ0) is 15.8.